The van der Waals surface area contributed by atoms with Gasteiger partial charge < -0.3 is 10.6 Å². The Morgan fingerprint density at radius 1 is 1.43 bits per heavy atom. The molecule has 1 fully saturated rings. The summed E-state index contributed by atoms with van der Waals surface area (Å²) < 4.78 is 25.3. The van der Waals surface area contributed by atoms with Crippen LogP contribution in [0.4, 0.5) is 5.82 Å². The average Bonchev–Trinajstić information content (AvgIpc) is 2.47. The normalized spacial score (nSPS) is 23.6. The zero-order valence-corrected chi connectivity index (χ0v) is 13.7. The van der Waals surface area contributed by atoms with Crippen molar-refractivity contribution >= 4 is 15.8 Å². The molecule has 6 nitrogen and oxygen atoms in total. The molecule has 0 spiro atoms. The van der Waals surface area contributed by atoms with E-state index < -0.39 is 10.0 Å². The lowest BCUT2D eigenvalue weighted by Gasteiger charge is -2.40. The Hall–Kier alpha value is -1.18. The van der Waals surface area contributed by atoms with Crippen LogP contribution in [0.1, 0.15) is 19.8 Å². The van der Waals surface area contributed by atoms with Crippen molar-refractivity contribution < 1.29 is 8.42 Å². The van der Waals surface area contributed by atoms with Crippen LogP contribution in [0.15, 0.2) is 23.2 Å². The van der Waals surface area contributed by atoms with Gasteiger partial charge in [-0.1, -0.05) is 6.92 Å². The van der Waals surface area contributed by atoms with Gasteiger partial charge in [-0.25, -0.2) is 17.7 Å². The number of nitrogens with zero attached hydrogens (tertiary/aromatic N) is 3. The van der Waals surface area contributed by atoms with E-state index in [2.05, 4.69) is 16.8 Å². The molecule has 2 rings (SSSR count). The van der Waals surface area contributed by atoms with Crippen molar-refractivity contribution in [1.82, 2.24) is 9.29 Å². The molecule has 0 saturated carbocycles. The SMILES string of the molecule is CC1CCCN(c2ccc(S(=O)(=O)N(C)C)cn2)C1CN. The first-order valence-electron chi connectivity index (χ1n) is 7.23. The molecule has 2 atom stereocenters. The molecule has 1 saturated heterocycles. The second kappa shape index (κ2) is 6.29. The van der Waals surface area contributed by atoms with Crippen LogP contribution in [0, 0.1) is 5.92 Å². The molecule has 1 aromatic heterocycles. The van der Waals surface area contributed by atoms with Crippen LogP contribution in [0.2, 0.25) is 0 Å². The molecular formula is C14H24N4O2S. The van der Waals surface area contributed by atoms with Gasteiger partial charge in [0.2, 0.25) is 10.0 Å². The number of anilines is 1. The molecule has 2 unspecified atom stereocenters. The third-order valence-electron chi connectivity index (χ3n) is 4.15. The Morgan fingerprint density at radius 3 is 2.67 bits per heavy atom. The number of hydrogen-bond donors (Lipinski definition) is 1. The van der Waals surface area contributed by atoms with Crippen molar-refractivity contribution in [2.45, 2.75) is 30.7 Å². The quantitative estimate of drug-likeness (QED) is 0.893. The fourth-order valence-electron chi connectivity index (χ4n) is 2.80. The Balaban J connectivity index is 2.26. The smallest absolute Gasteiger partial charge is 0.244 e. The molecule has 2 N–H and O–H groups in total. The number of sulfonamides is 1. The summed E-state index contributed by atoms with van der Waals surface area (Å²) in [6.07, 6.45) is 3.71. The van der Waals surface area contributed by atoms with Gasteiger partial charge in [-0.15, -0.1) is 0 Å². The summed E-state index contributed by atoms with van der Waals surface area (Å²) in [6, 6.07) is 3.66. The molecular weight excluding hydrogens is 288 g/mol. The van der Waals surface area contributed by atoms with Crippen molar-refractivity contribution in [2.24, 2.45) is 11.7 Å². The lowest BCUT2D eigenvalue weighted by molar-refractivity contribution is 0.348. The zero-order chi connectivity index (χ0) is 15.6. The summed E-state index contributed by atoms with van der Waals surface area (Å²) in [4.78, 5) is 6.76. The molecule has 118 valence electrons. The molecule has 2 heterocycles. The van der Waals surface area contributed by atoms with E-state index in [1.54, 1.807) is 12.1 Å². The third-order valence-corrected chi connectivity index (χ3v) is 5.95. The van der Waals surface area contributed by atoms with Crippen LogP contribution in [0.3, 0.4) is 0 Å². The van der Waals surface area contributed by atoms with Crippen LogP contribution in [0.5, 0.6) is 0 Å². The van der Waals surface area contributed by atoms with Gasteiger partial charge in [0, 0.05) is 39.4 Å². The van der Waals surface area contributed by atoms with Gasteiger partial charge in [-0.05, 0) is 30.9 Å². The maximum atomic E-state index is 12.0. The highest BCUT2D eigenvalue weighted by atomic mass is 32.2. The maximum absolute atomic E-state index is 12.0. The van der Waals surface area contributed by atoms with E-state index in [4.69, 9.17) is 5.73 Å². The van der Waals surface area contributed by atoms with E-state index in [0.29, 0.717) is 12.5 Å². The number of piperidine rings is 1. The summed E-state index contributed by atoms with van der Waals surface area (Å²) in [5.41, 5.74) is 5.89. The number of hydrogen-bond acceptors (Lipinski definition) is 5. The van der Waals surface area contributed by atoms with Crippen LogP contribution in [-0.4, -0.2) is 50.9 Å². The summed E-state index contributed by atoms with van der Waals surface area (Å²) in [6.45, 7) is 3.70. The molecule has 1 aliphatic rings. The molecule has 7 heteroatoms. The van der Waals surface area contributed by atoms with E-state index in [1.807, 2.05) is 0 Å². The van der Waals surface area contributed by atoms with E-state index in [-0.39, 0.29) is 10.9 Å². The van der Waals surface area contributed by atoms with Gasteiger partial charge in [-0.2, -0.15) is 0 Å². The average molecular weight is 312 g/mol. The second-order valence-electron chi connectivity index (χ2n) is 5.76. The molecule has 1 aromatic rings. The zero-order valence-electron chi connectivity index (χ0n) is 12.9. The number of rotatable bonds is 4. The first kappa shape index (κ1) is 16.2. The standard InChI is InChI=1S/C14H24N4O2S/c1-11-5-4-8-18(13(11)9-15)14-7-6-12(10-16-14)21(19,20)17(2)3/h6-7,10-11,13H,4-5,8-9,15H2,1-3H3. The van der Waals surface area contributed by atoms with Crippen LogP contribution < -0.4 is 10.6 Å². The molecule has 1 aliphatic heterocycles. The van der Waals surface area contributed by atoms with Crippen molar-refractivity contribution in [1.29, 1.82) is 0 Å². The molecule has 0 radical (unpaired) electrons. The minimum Gasteiger partial charge on any atom is -0.352 e. The van der Waals surface area contributed by atoms with Gasteiger partial charge in [0.1, 0.15) is 10.7 Å². The van der Waals surface area contributed by atoms with E-state index in [9.17, 15) is 8.42 Å². The minimum atomic E-state index is -3.43. The lowest BCUT2D eigenvalue weighted by Crippen LogP contribution is -2.49. The summed E-state index contributed by atoms with van der Waals surface area (Å²) in [7, 11) is -0.399. The largest absolute Gasteiger partial charge is 0.352 e. The Bertz CT molecular complexity index is 571. The van der Waals surface area contributed by atoms with Gasteiger partial charge in [0.25, 0.3) is 0 Å². The van der Waals surface area contributed by atoms with Crippen LogP contribution in [0.25, 0.3) is 0 Å². The van der Waals surface area contributed by atoms with Gasteiger partial charge >= 0.3 is 0 Å². The fourth-order valence-corrected chi connectivity index (χ4v) is 3.65. The van der Waals surface area contributed by atoms with Crippen molar-refractivity contribution in [2.75, 3.05) is 32.1 Å². The molecule has 0 bridgehead atoms. The van der Waals surface area contributed by atoms with Crippen molar-refractivity contribution in [3.05, 3.63) is 18.3 Å². The Kier molecular flexibility index (Phi) is 4.85. The highest BCUT2D eigenvalue weighted by Crippen LogP contribution is 2.27. The number of aromatic nitrogens is 1. The highest BCUT2D eigenvalue weighted by Gasteiger charge is 2.28. The predicted octanol–water partition coefficient (Wildman–Crippen LogP) is 0.895. The van der Waals surface area contributed by atoms with Crippen LogP contribution >= 0.6 is 0 Å². The highest BCUT2D eigenvalue weighted by molar-refractivity contribution is 7.89. The predicted molar refractivity (Wildman–Crippen MR) is 83.7 cm³/mol. The van der Waals surface area contributed by atoms with E-state index in [1.165, 1.54) is 31.0 Å². The first-order valence-corrected chi connectivity index (χ1v) is 8.67. The van der Waals surface area contributed by atoms with E-state index >= 15 is 0 Å². The summed E-state index contributed by atoms with van der Waals surface area (Å²) in [5, 5.41) is 0. The minimum absolute atomic E-state index is 0.214. The molecule has 0 amide bonds. The summed E-state index contributed by atoms with van der Waals surface area (Å²) >= 11 is 0. The number of nitrogens with two attached hydrogens (primary N) is 1. The monoisotopic (exact) mass is 312 g/mol. The van der Waals surface area contributed by atoms with Crippen molar-refractivity contribution in [3.63, 3.8) is 0 Å². The Morgan fingerprint density at radius 2 is 2.14 bits per heavy atom. The topological polar surface area (TPSA) is 79.5 Å². The third kappa shape index (κ3) is 3.20. The van der Waals surface area contributed by atoms with Gasteiger partial charge in [0.15, 0.2) is 0 Å². The molecule has 0 aromatic carbocycles. The Labute approximate surface area is 127 Å². The fraction of sp³-hybridized carbons (Fsp3) is 0.643. The second-order valence-corrected chi connectivity index (χ2v) is 7.91. The van der Waals surface area contributed by atoms with Crippen LogP contribution in [-0.2, 0) is 10.0 Å². The molecule has 0 aliphatic carbocycles. The van der Waals surface area contributed by atoms with Gasteiger partial charge in [-0.3, -0.25) is 0 Å². The maximum Gasteiger partial charge on any atom is 0.244 e. The molecule has 21 heavy (non-hydrogen) atoms. The first-order chi connectivity index (χ1) is 9.87. The van der Waals surface area contributed by atoms with Gasteiger partial charge in [0.05, 0.1) is 0 Å². The number of pyridine rings is 1. The summed E-state index contributed by atoms with van der Waals surface area (Å²) in [5.74, 6) is 1.32. The van der Waals surface area contributed by atoms with Crippen molar-refractivity contribution in [3.8, 4) is 0 Å². The lowest BCUT2D eigenvalue weighted by atomic mass is 9.91. The van der Waals surface area contributed by atoms with E-state index in [0.717, 1.165) is 18.8 Å².